The second-order valence-electron chi connectivity index (χ2n) is 6.98. The van der Waals surface area contributed by atoms with Crippen LogP contribution in [0.1, 0.15) is 30.1 Å². The van der Waals surface area contributed by atoms with E-state index >= 15 is 0 Å². The maximum atomic E-state index is 12.4. The van der Waals surface area contributed by atoms with Gasteiger partial charge >= 0.3 is 0 Å². The number of ether oxygens (including phenoxy) is 1. The third-order valence-corrected chi connectivity index (χ3v) is 5.40. The number of hydrogen-bond donors (Lipinski definition) is 1. The molecule has 0 spiro atoms. The summed E-state index contributed by atoms with van der Waals surface area (Å²) in [6.45, 7) is -0.0729. The molecule has 0 saturated carbocycles. The number of amides is 1. The molecule has 2 aromatic carbocycles. The second kappa shape index (κ2) is 8.07. The quantitative estimate of drug-likeness (QED) is 0.700. The van der Waals surface area contributed by atoms with Crippen molar-refractivity contribution >= 4 is 17.5 Å². The van der Waals surface area contributed by atoms with Gasteiger partial charge in [-0.05, 0) is 42.5 Å². The highest BCUT2D eigenvalue weighted by atomic mass is 35.5. The zero-order valence-electron chi connectivity index (χ0n) is 15.7. The van der Waals surface area contributed by atoms with Gasteiger partial charge in [-0.15, -0.1) is 0 Å². The lowest BCUT2D eigenvalue weighted by atomic mass is 9.93. The summed E-state index contributed by atoms with van der Waals surface area (Å²) in [7, 11) is 1.94. The Morgan fingerprint density at radius 2 is 2.07 bits per heavy atom. The Kier molecular flexibility index (Phi) is 5.35. The van der Waals surface area contributed by atoms with Crippen molar-refractivity contribution in [2.45, 2.75) is 25.3 Å². The van der Waals surface area contributed by atoms with Gasteiger partial charge in [0, 0.05) is 18.3 Å². The lowest BCUT2D eigenvalue weighted by molar-refractivity contribution is -0.123. The smallest absolute Gasteiger partial charge is 0.258 e. The Hall–Kier alpha value is -2.79. The molecule has 1 aliphatic rings. The molecule has 0 radical (unpaired) electrons. The van der Waals surface area contributed by atoms with Crippen LogP contribution in [0.5, 0.6) is 5.75 Å². The van der Waals surface area contributed by atoms with Crippen LogP contribution in [-0.2, 0) is 18.3 Å². The fourth-order valence-electron chi connectivity index (χ4n) is 3.66. The monoisotopic (exact) mass is 395 g/mol. The Morgan fingerprint density at radius 1 is 1.25 bits per heavy atom. The second-order valence-corrected chi connectivity index (χ2v) is 7.39. The zero-order chi connectivity index (χ0) is 19.5. The van der Waals surface area contributed by atoms with Crippen LogP contribution >= 0.6 is 11.6 Å². The number of carbonyl (C=O) groups excluding carboxylic acids is 1. The standard InChI is InChI=1S/C22H22ClN3O2/c1-26-20-9-5-8-19(17(20)13-24-26)25-22(27)14-28-21-11-10-16(12-18(21)23)15-6-3-2-4-7-15/h2-4,6-7,10-13,19H,5,8-9,14H2,1H3,(H,25,27). The summed E-state index contributed by atoms with van der Waals surface area (Å²) in [5.74, 6) is 0.340. The van der Waals surface area contributed by atoms with Crippen LogP contribution in [0.3, 0.4) is 0 Å². The van der Waals surface area contributed by atoms with E-state index in [9.17, 15) is 4.79 Å². The summed E-state index contributed by atoms with van der Waals surface area (Å²) < 4.78 is 7.55. The van der Waals surface area contributed by atoms with Gasteiger partial charge < -0.3 is 10.1 Å². The number of halogens is 1. The van der Waals surface area contributed by atoms with E-state index in [-0.39, 0.29) is 18.6 Å². The Balaban J connectivity index is 1.38. The molecule has 0 bridgehead atoms. The van der Waals surface area contributed by atoms with Crippen LogP contribution < -0.4 is 10.1 Å². The van der Waals surface area contributed by atoms with E-state index in [0.717, 1.165) is 36.0 Å². The van der Waals surface area contributed by atoms with Crippen molar-refractivity contribution < 1.29 is 9.53 Å². The van der Waals surface area contributed by atoms with Crippen molar-refractivity contribution in [3.8, 4) is 16.9 Å². The summed E-state index contributed by atoms with van der Waals surface area (Å²) in [6, 6.07) is 15.6. The number of hydrogen-bond acceptors (Lipinski definition) is 3. The molecule has 5 nitrogen and oxygen atoms in total. The number of carbonyl (C=O) groups is 1. The van der Waals surface area contributed by atoms with Crippen LogP contribution in [0, 0.1) is 0 Å². The SMILES string of the molecule is Cn1ncc2c1CCCC2NC(=O)COc1ccc(-c2ccccc2)cc1Cl. The number of aryl methyl sites for hydroxylation is 1. The fraction of sp³-hybridized carbons (Fsp3) is 0.273. The summed E-state index contributed by atoms with van der Waals surface area (Å²) in [5.41, 5.74) is 4.39. The average Bonchev–Trinajstić information content (AvgIpc) is 3.10. The summed E-state index contributed by atoms with van der Waals surface area (Å²) >= 11 is 6.36. The van der Waals surface area contributed by atoms with E-state index in [1.54, 1.807) is 6.07 Å². The average molecular weight is 396 g/mol. The van der Waals surface area contributed by atoms with Crippen LogP contribution in [0.25, 0.3) is 11.1 Å². The van der Waals surface area contributed by atoms with Crippen molar-refractivity contribution in [3.63, 3.8) is 0 Å². The first kappa shape index (κ1) is 18.6. The first-order valence-corrected chi connectivity index (χ1v) is 9.77. The van der Waals surface area contributed by atoms with Gasteiger partial charge in [0.05, 0.1) is 17.3 Å². The van der Waals surface area contributed by atoms with E-state index in [0.29, 0.717) is 10.8 Å². The van der Waals surface area contributed by atoms with Gasteiger partial charge in [-0.25, -0.2) is 0 Å². The molecule has 28 heavy (non-hydrogen) atoms. The molecular weight excluding hydrogens is 374 g/mol. The number of rotatable bonds is 5. The summed E-state index contributed by atoms with van der Waals surface area (Å²) in [6.07, 6.45) is 4.79. The van der Waals surface area contributed by atoms with E-state index in [1.807, 2.05) is 60.4 Å². The topological polar surface area (TPSA) is 56.2 Å². The lowest BCUT2D eigenvalue weighted by Gasteiger charge is -2.23. The molecule has 1 N–H and O–H groups in total. The molecule has 0 saturated heterocycles. The van der Waals surface area contributed by atoms with Gasteiger partial charge in [-0.3, -0.25) is 9.48 Å². The van der Waals surface area contributed by atoms with Gasteiger partial charge in [0.25, 0.3) is 5.91 Å². The van der Waals surface area contributed by atoms with Crippen molar-refractivity contribution in [1.29, 1.82) is 0 Å². The highest BCUT2D eigenvalue weighted by molar-refractivity contribution is 6.32. The first-order valence-electron chi connectivity index (χ1n) is 9.40. The van der Waals surface area contributed by atoms with Crippen molar-refractivity contribution in [3.05, 3.63) is 71.0 Å². The van der Waals surface area contributed by atoms with Crippen molar-refractivity contribution in [2.24, 2.45) is 7.05 Å². The Morgan fingerprint density at radius 3 is 2.86 bits per heavy atom. The maximum Gasteiger partial charge on any atom is 0.258 e. The van der Waals surface area contributed by atoms with Crippen LogP contribution in [0.15, 0.2) is 54.7 Å². The zero-order valence-corrected chi connectivity index (χ0v) is 16.4. The van der Waals surface area contributed by atoms with Crippen LogP contribution in [-0.4, -0.2) is 22.3 Å². The molecule has 6 heteroatoms. The molecule has 144 valence electrons. The first-order chi connectivity index (χ1) is 13.6. The number of nitrogens with one attached hydrogen (secondary N) is 1. The van der Waals surface area contributed by atoms with Crippen LogP contribution in [0.2, 0.25) is 5.02 Å². The molecule has 0 aliphatic heterocycles. The van der Waals surface area contributed by atoms with E-state index in [1.165, 1.54) is 5.69 Å². The Bertz CT molecular complexity index is 985. The minimum absolute atomic E-state index is 0.00974. The lowest BCUT2D eigenvalue weighted by Crippen LogP contribution is -2.34. The number of benzene rings is 2. The fourth-order valence-corrected chi connectivity index (χ4v) is 3.90. The molecular formula is C22H22ClN3O2. The third kappa shape index (κ3) is 3.90. The molecule has 3 aromatic rings. The van der Waals surface area contributed by atoms with Gasteiger partial charge in [0.2, 0.25) is 0 Å². The highest BCUT2D eigenvalue weighted by Gasteiger charge is 2.24. The van der Waals surface area contributed by atoms with Gasteiger partial charge in [0.15, 0.2) is 6.61 Å². The number of nitrogens with zero attached hydrogens (tertiary/aromatic N) is 2. The van der Waals surface area contributed by atoms with Crippen molar-refractivity contribution in [1.82, 2.24) is 15.1 Å². The van der Waals surface area contributed by atoms with E-state index in [4.69, 9.17) is 16.3 Å². The van der Waals surface area contributed by atoms with E-state index < -0.39 is 0 Å². The predicted molar refractivity (Wildman–Crippen MR) is 109 cm³/mol. The molecule has 1 amide bonds. The van der Waals surface area contributed by atoms with Gasteiger partial charge in [-0.2, -0.15) is 5.10 Å². The minimum atomic E-state index is -0.162. The molecule has 1 aromatic heterocycles. The summed E-state index contributed by atoms with van der Waals surface area (Å²) in [5, 5.41) is 7.85. The summed E-state index contributed by atoms with van der Waals surface area (Å²) in [4.78, 5) is 12.4. The normalized spacial score (nSPS) is 15.7. The maximum absolute atomic E-state index is 12.4. The van der Waals surface area contributed by atoms with Crippen molar-refractivity contribution in [2.75, 3.05) is 6.61 Å². The van der Waals surface area contributed by atoms with Gasteiger partial charge in [-0.1, -0.05) is 48.0 Å². The molecule has 1 heterocycles. The Labute approximate surface area is 169 Å². The van der Waals surface area contributed by atoms with Crippen LogP contribution in [0.4, 0.5) is 0 Å². The molecule has 4 rings (SSSR count). The number of aromatic nitrogens is 2. The molecule has 0 fully saturated rings. The molecule has 1 unspecified atom stereocenters. The third-order valence-electron chi connectivity index (χ3n) is 5.11. The highest BCUT2D eigenvalue weighted by Crippen LogP contribution is 2.31. The number of fused-ring (bicyclic) bond motifs is 1. The molecule has 1 atom stereocenters. The minimum Gasteiger partial charge on any atom is -0.482 e. The van der Waals surface area contributed by atoms with Gasteiger partial charge in [0.1, 0.15) is 5.75 Å². The van der Waals surface area contributed by atoms with E-state index in [2.05, 4.69) is 10.4 Å². The predicted octanol–water partition coefficient (Wildman–Crippen LogP) is 4.31. The molecule has 1 aliphatic carbocycles. The largest absolute Gasteiger partial charge is 0.482 e.